The van der Waals surface area contributed by atoms with E-state index in [1.54, 1.807) is 34.8 Å². The summed E-state index contributed by atoms with van der Waals surface area (Å²) in [5, 5.41) is 8.35. The topological polar surface area (TPSA) is 130 Å². The summed E-state index contributed by atoms with van der Waals surface area (Å²) in [5.74, 6) is 1.09. The number of hydrogen-bond donors (Lipinski definition) is 2. The smallest absolute Gasteiger partial charge is 0.259 e. The fourth-order valence-electron chi connectivity index (χ4n) is 3.96. The Labute approximate surface area is 230 Å². The summed E-state index contributed by atoms with van der Waals surface area (Å²) in [6.07, 6.45) is 7.09. The number of ether oxygens (including phenoxy) is 2. The summed E-state index contributed by atoms with van der Waals surface area (Å²) in [6.45, 7) is 0. The Morgan fingerprint density at radius 3 is 2.71 bits per heavy atom. The van der Waals surface area contributed by atoms with Gasteiger partial charge in [0.15, 0.2) is 0 Å². The number of nitrogens with zero attached hydrogens (tertiary/aromatic N) is 5. The third-order valence-electron chi connectivity index (χ3n) is 5.86. The van der Waals surface area contributed by atoms with Crippen molar-refractivity contribution in [2.75, 3.05) is 18.2 Å². The maximum Gasteiger partial charge on any atom is 0.259 e. The predicted molar refractivity (Wildman–Crippen MR) is 146 cm³/mol. The molecule has 0 spiro atoms. The number of benzene rings is 1. The van der Waals surface area contributed by atoms with E-state index in [0.29, 0.717) is 49.3 Å². The molecule has 13 heteroatoms. The molecule has 0 unspecified atom stereocenters. The van der Waals surface area contributed by atoms with Crippen LogP contribution in [0.25, 0.3) is 16.1 Å². The number of carbonyl (C=O) groups excluding carboxylic acids is 1. The number of imidazole rings is 1. The van der Waals surface area contributed by atoms with E-state index in [0.717, 1.165) is 18.5 Å². The molecule has 192 valence electrons. The highest BCUT2D eigenvalue weighted by Gasteiger charge is 2.27. The molecule has 1 fully saturated rings. The van der Waals surface area contributed by atoms with E-state index >= 15 is 0 Å². The van der Waals surface area contributed by atoms with Crippen LogP contribution in [-0.4, -0.2) is 37.6 Å². The Kier molecular flexibility index (Phi) is 6.26. The van der Waals surface area contributed by atoms with Crippen LogP contribution in [0.5, 0.6) is 17.4 Å². The van der Waals surface area contributed by atoms with E-state index in [1.165, 1.54) is 30.8 Å². The molecule has 1 aliphatic rings. The third-order valence-corrected chi connectivity index (χ3v) is 7.12. The number of fused-ring (bicyclic) bond motifs is 1. The molecule has 1 saturated carbocycles. The van der Waals surface area contributed by atoms with Crippen LogP contribution in [0.2, 0.25) is 10.2 Å². The van der Waals surface area contributed by atoms with Gasteiger partial charge < -0.3 is 15.2 Å². The number of carbonyl (C=O) groups is 1. The fraction of sp³-hybridized carbons (Fsp3) is 0.160. The summed E-state index contributed by atoms with van der Waals surface area (Å²) in [4.78, 5) is 27.2. The van der Waals surface area contributed by atoms with Gasteiger partial charge in [-0.25, -0.2) is 19.5 Å². The van der Waals surface area contributed by atoms with Crippen molar-refractivity contribution in [1.82, 2.24) is 24.6 Å². The first-order valence-corrected chi connectivity index (χ1v) is 13.0. The zero-order valence-electron chi connectivity index (χ0n) is 19.8. The third kappa shape index (κ3) is 4.95. The van der Waals surface area contributed by atoms with Gasteiger partial charge in [0, 0.05) is 46.1 Å². The van der Waals surface area contributed by atoms with Crippen molar-refractivity contribution in [3.05, 3.63) is 70.4 Å². The van der Waals surface area contributed by atoms with Crippen molar-refractivity contribution < 1.29 is 14.3 Å². The molecule has 1 amide bonds. The van der Waals surface area contributed by atoms with Crippen LogP contribution in [0.4, 0.5) is 10.8 Å². The number of amides is 1. The molecular weight excluding hydrogens is 549 g/mol. The molecule has 4 aromatic heterocycles. The second-order valence-electron chi connectivity index (χ2n) is 8.63. The Morgan fingerprint density at radius 2 is 1.97 bits per heavy atom. The molecule has 0 radical (unpaired) electrons. The molecule has 4 heterocycles. The first kappa shape index (κ1) is 24.4. The van der Waals surface area contributed by atoms with E-state index in [1.807, 2.05) is 6.20 Å². The molecular formula is C25H19Cl2N7O3S. The normalized spacial score (nSPS) is 13.0. The SMILES string of the molecule is COc1cnc(Cl)cc1-c1cc(Oc2cc(N)cc(Cl)c2)ncc1C(=O)Nc1nn2cc(C3CC3)nc2s1. The zero-order chi connectivity index (χ0) is 26.4. The van der Waals surface area contributed by atoms with E-state index in [9.17, 15) is 4.79 Å². The van der Waals surface area contributed by atoms with Crippen LogP contribution in [0.1, 0.15) is 34.8 Å². The lowest BCUT2D eigenvalue weighted by atomic mass is 10.0. The lowest BCUT2D eigenvalue weighted by molar-refractivity contribution is 0.102. The Hall–Kier alpha value is -3.93. The van der Waals surface area contributed by atoms with Gasteiger partial charge >= 0.3 is 0 Å². The highest BCUT2D eigenvalue weighted by Crippen LogP contribution is 2.40. The lowest BCUT2D eigenvalue weighted by Gasteiger charge is -2.14. The van der Waals surface area contributed by atoms with Crippen molar-refractivity contribution in [1.29, 1.82) is 0 Å². The Morgan fingerprint density at radius 1 is 1.13 bits per heavy atom. The van der Waals surface area contributed by atoms with Crippen LogP contribution in [0.15, 0.2) is 48.9 Å². The van der Waals surface area contributed by atoms with E-state index in [2.05, 4.69) is 25.4 Å². The van der Waals surface area contributed by atoms with E-state index < -0.39 is 5.91 Å². The zero-order valence-corrected chi connectivity index (χ0v) is 22.1. The number of methoxy groups -OCH3 is 1. The van der Waals surface area contributed by atoms with E-state index in [4.69, 9.17) is 38.4 Å². The molecule has 3 N–H and O–H groups in total. The number of hydrogen-bond acceptors (Lipinski definition) is 9. The lowest BCUT2D eigenvalue weighted by Crippen LogP contribution is -2.14. The number of halogens is 2. The van der Waals surface area contributed by atoms with Crippen LogP contribution in [-0.2, 0) is 0 Å². The summed E-state index contributed by atoms with van der Waals surface area (Å²) in [6, 6.07) is 8.04. The average Bonchev–Trinajstić information content (AvgIpc) is 3.55. The van der Waals surface area contributed by atoms with Gasteiger partial charge in [0.25, 0.3) is 5.91 Å². The number of nitrogen functional groups attached to an aromatic ring is 1. The number of nitrogens with two attached hydrogens (primary N) is 1. The van der Waals surface area contributed by atoms with Crippen LogP contribution < -0.4 is 20.5 Å². The number of anilines is 2. The number of aromatic nitrogens is 5. The van der Waals surface area contributed by atoms with Crippen LogP contribution in [0, 0.1) is 0 Å². The Bertz CT molecular complexity index is 1650. The first-order valence-electron chi connectivity index (χ1n) is 11.5. The van der Waals surface area contributed by atoms with Gasteiger partial charge in [-0.05, 0) is 31.0 Å². The Balaban J connectivity index is 1.36. The quantitative estimate of drug-likeness (QED) is 0.179. The maximum atomic E-state index is 13.5. The van der Waals surface area contributed by atoms with Gasteiger partial charge in [-0.2, -0.15) is 0 Å². The monoisotopic (exact) mass is 567 g/mol. The summed E-state index contributed by atoms with van der Waals surface area (Å²) in [7, 11) is 1.50. The molecule has 1 aliphatic carbocycles. The van der Waals surface area contributed by atoms with Crippen LogP contribution in [0.3, 0.4) is 0 Å². The minimum Gasteiger partial charge on any atom is -0.494 e. The maximum absolute atomic E-state index is 13.5. The highest BCUT2D eigenvalue weighted by atomic mass is 35.5. The molecule has 0 atom stereocenters. The molecule has 10 nitrogen and oxygen atoms in total. The molecule has 1 aromatic carbocycles. The number of pyridine rings is 2. The van der Waals surface area contributed by atoms with Gasteiger partial charge in [0.1, 0.15) is 16.7 Å². The molecule has 38 heavy (non-hydrogen) atoms. The van der Waals surface area contributed by atoms with Gasteiger partial charge in [0.2, 0.25) is 16.0 Å². The summed E-state index contributed by atoms with van der Waals surface area (Å²) in [5.41, 5.74) is 8.59. The number of nitrogens with one attached hydrogen (secondary N) is 1. The minimum absolute atomic E-state index is 0.202. The van der Waals surface area contributed by atoms with Crippen molar-refractivity contribution in [2.24, 2.45) is 0 Å². The van der Waals surface area contributed by atoms with E-state index in [-0.39, 0.29) is 16.6 Å². The standard InChI is InChI=1S/C25H19Cl2N7O3S/c1-36-20-10-29-21(27)7-17(20)16-8-22(37-15-5-13(26)4-14(28)6-15)30-9-18(16)23(35)32-24-33-34-11-19(12-2-3-12)31-25(34)38-24/h4-12H,2-3,28H2,1H3,(H,32,33,35). The molecule has 0 aliphatic heterocycles. The van der Waals surface area contributed by atoms with Crippen LogP contribution >= 0.6 is 34.5 Å². The van der Waals surface area contributed by atoms with Gasteiger partial charge in [-0.1, -0.05) is 34.5 Å². The minimum atomic E-state index is -0.430. The number of rotatable bonds is 7. The van der Waals surface area contributed by atoms with Gasteiger partial charge in [0.05, 0.1) is 30.8 Å². The van der Waals surface area contributed by atoms with Crippen molar-refractivity contribution >= 4 is 56.2 Å². The van der Waals surface area contributed by atoms with Crippen molar-refractivity contribution in [3.63, 3.8) is 0 Å². The van der Waals surface area contributed by atoms with Crippen molar-refractivity contribution in [3.8, 4) is 28.5 Å². The average molecular weight is 568 g/mol. The van der Waals surface area contributed by atoms with Gasteiger partial charge in [-0.15, -0.1) is 5.10 Å². The summed E-state index contributed by atoms with van der Waals surface area (Å²) >= 11 is 13.6. The first-order chi connectivity index (χ1) is 18.4. The highest BCUT2D eigenvalue weighted by molar-refractivity contribution is 7.20. The second kappa shape index (κ2) is 9.75. The molecule has 6 rings (SSSR count). The second-order valence-corrected chi connectivity index (χ2v) is 10.4. The predicted octanol–water partition coefficient (Wildman–Crippen LogP) is 6.07. The largest absolute Gasteiger partial charge is 0.494 e. The molecule has 0 saturated heterocycles. The summed E-state index contributed by atoms with van der Waals surface area (Å²) < 4.78 is 13.1. The van der Waals surface area contributed by atoms with Crippen molar-refractivity contribution in [2.45, 2.75) is 18.8 Å². The van der Waals surface area contributed by atoms with Gasteiger partial charge in [-0.3, -0.25) is 10.1 Å². The fourth-order valence-corrected chi connectivity index (χ4v) is 5.13. The molecule has 5 aromatic rings. The molecule has 0 bridgehead atoms.